The van der Waals surface area contributed by atoms with Crippen molar-refractivity contribution in [1.82, 2.24) is 0 Å². The van der Waals surface area contributed by atoms with Gasteiger partial charge in [0.2, 0.25) is 0 Å². The number of ketones is 1. The van der Waals surface area contributed by atoms with Gasteiger partial charge in [-0.3, -0.25) is 4.79 Å². The molecular weight excluding hydrogens is 164 g/mol. The quantitative estimate of drug-likeness (QED) is 0.465. The second kappa shape index (κ2) is 9.28. The number of hydrogen-bond acceptors (Lipinski definition) is 2. The van der Waals surface area contributed by atoms with Gasteiger partial charge in [-0.2, -0.15) is 0 Å². The summed E-state index contributed by atoms with van der Waals surface area (Å²) in [5.41, 5.74) is 0. The van der Waals surface area contributed by atoms with Gasteiger partial charge in [-0.05, 0) is 6.42 Å². The standard InChI is InChI=1S/C11H18O2/c1-3-4-5-6-7-8-9-11(12)10-13-2/h3-6,9-10H2,1-2H3. The van der Waals surface area contributed by atoms with E-state index in [1.54, 1.807) is 0 Å². The summed E-state index contributed by atoms with van der Waals surface area (Å²) in [7, 11) is 1.52. The fourth-order valence-electron chi connectivity index (χ4n) is 0.925. The molecule has 13 heavy (non-hydrogen) atoms. The largest absolute Gasteiger partial charge is 0.377 e. The molecule has 0 rings (SSSR count). The van der Waals surface area contributed by atoms with E-state index in [0.29, 0.717) is 6.42 Å². The minimum atomic E-state index is 0.0606. The summed E-state index contributed by atoms with van der Waals surface area (Å²) in [6.45, 7) is 2.35. The third-order valence-corrected chi connectivity index (χ3v) is 1.62. The SMILES string of the molecule is CCCCCC#CCC(=O)COC. The van der Waals surface area contributed by atoms with Crippen LogP contribution in [-0.4, -0.2) is 19.5 Å². The van der Waals surface area contributed by atoms with E-state index in [0.717, 1.165) is 12.8 Å². The lowest BCUT2D eigenvalue weighted by atomic mass is 10.2. The zero-order chi connectivity index (χ0) is 9.94. The summed E-state index contributed by atoms with van der Waals surface area (Å²) in [4.78, 5) is 10.9. The number of ether oxygens (including phenoxy) is 1. The Labute approximate surface area is 80.7 Å². The van der Waals surface area contributed by atoms with E-state index >= 15 is 0 Å². The topological polar surface area (TPSA) is 26.3 Å². The van der Waals surface area contributed by atoms with Crippen molar-refractivity contribution < 1.29 is 9.53 Å². The molecule has 0 aromatic carbocycles. The van der Waals surface area contributed by atoms with Crippen LogP contribution in [0.2, 0.25) is 0 Å². The van der Waals surface area contributed by atoms with Gasteiger partial charge in [-0.25, -0.2) is 0 Å². The number of carbonyl (C=O) groups excluding carboxylic acids is 1. The molecule has 0 N–H and O–H groups in total. The predicted molar refractivity (Wildman–Crippen MR) is 53.4 cm³/mol. The fraction of sp³-hybridized carbons (Fsp3) is 0.727. The zero-order valence-corrected chi connectivity index (χ0v) is 8.56. The average Bonchev–Trinajstić information content (AvgIpc) is 2.11. The Balaban J connectivity index is 3.33. The molecule has 0 aromatic rings. The number of carbonyl (C=O) groups is 1. The van der Waals surface area contributed by atoms with Gasteiger partial charge >= 0.3 is 0 Å². The van der Waals surface area contributed by atoms with Crippen LogP contribution in [0.15, 0.2) is 0 Å². The van der Waals surface area contributed by atoms with Gasteiger partial charge in [0.1, 0.15) is 6.61 Å². The lowest BCUT2D eigenvalue weighted by Crippen LogP contribution is -2.04. The predicted octanol–water partition coefficient (Wildman–Crippen LogP) is 2.18. The smallest absolute Gasteiger partial charge is 0.170 e. The number of hydrogen-bond donors (Lipinski definition) is 0. The number of Topliss-reactive ketones (excluding diaryl/α,β-unsaturated/α-hetero) is 1. The molecular formula is C11H18O2. The van der Waals surface area contributed by atoms with Crippen molar-refractivity contribution in [3.63, 3.8) is 0 Å². The van der Waals surface area contributed by atoms with Crippen molar-refractivity contribution in [1.29, 1.82) is 0 Å². The Morgan fingerprint density at radius 1 is 1.31 bits per heavy atom. The zero-order valence-electron chi connectivity index (χ0n) is 8.56. The highest BCUT2D eigenvalue weighted by Crippen LogP contribution is 1.96. The molecule has 0 aliphatic carbocycles. The third-order valence-electron chi connectivity index (χ3n) is 1.62. The van der Waals surface area contributed by atoms with Gasteiger partial charge in [-0.15, -0.1) is 5.92 Å². The van der Waals surface area contributed by atoms with E-state index in [4.69, 9.17) is 0 Å². The lowest BCUT2D eigenvalue weighted by Gasteiger charge is -1.91. The van der Waals surface area contributed by atoms with Gasteiger partial charge in [-0.1, -0.05) is 25.7 Å². The first kappa shape index (κ1) is 12.2. The normalized spacial score (nSPS) is 9.08. The average molecular weight is 182 g/mol. The maximum absolute atomic E-state index is 10.9. The Kier molecular flexibility index (Phi) is 8.70. The van der Waals surface area contributed by atoms with Crippen LogP contribution in [0.25, 0.3) is 0 Å². The van der Waals surface area contributed by atoms with Gasteiger partial charge in [0.05, 0.1) is 6.42 Å². The van der Waals surface area contributed by atoms with Crippen LogP contribution in [0.5, 0.6) is 0 Å². The molecule has 0 fully saturated rings. The Morgan fingerprint density at radius 2 is 2.08 bits per heavy atom. The molecule has 0 bridgehead atoms. The molecule has 0 spiro atoms. The van der Waals surface area contributed by atoms with Crippen LogP contribution < -0.4 is 0 Å². The van der Waals surface area contributed by atoms with E-state index in [1.165, 1.54) is 20.0 Å². The Hall–Kier alpha value is -0.810. The molecule has 0 aromatic heterocycles. The lowest BCUT2D eigenvalue weighted by molar-refractivity contribution is -0.121. The van der Waals surface area contributed by atoms with Crippen LogP contribution in [-0.2, 0) is 9.53 Å². The molecule has 74 valence electrons. The second-order valence-electron chi connectivity index (χ2n) is 2.96. The number of unbranched alkanes of at least 4 members (excludes halogenated alkanes) is 3. The van der Waals surface area contributed by atoms with Crippen molar-refractivity contribution in [3.05, 3.63) is 0 Å². The van der Waals surface area contributed by atoms with Crippen molar-refractivity contribution in [2.45, 2.75) is 39.0 Å². The van der Waals surface area contributed by atoms with E-state index in [-0.39, 0.29) is 12.4 Å². The summed E-state index contributed by atoms with van der Waals surface area (Å²) in [6, 6.07) is 0. The van der Waals surface area contributed by atoms with Crippen molar-refractivity contribution in [2.75, 3.05) is 13.7 Å². The molecule has 0 saturated carbocycles. The molecule has 0 amide bonds. The first-order valence-electron chi connectivity index (χ1n) is 4.77. The fourth-order valence-corrected chi connectivity index (χ4v) is 0.925. The second-order valence-corrected chi connectivity index (χ2v) is 2.96. The first-order chi connectivity index (χ1) is 6.31. The number of methoxy groups -OCH3 is 1. The maximum atomic E-state index is 10.9. The van der Waals surface area contributed by atoms with Crippen molar-refractivity contribution in [2.24, 2.45) is 0 Å². The van der Waals surface area contributed by atoms with Gasteiger partial charge in [0.15, 0.2) is 5.78 Å². The van der Waals surface area contributed by atoms with E-state index in [1.807, 2.05) is 0 Å². The Morgan fingerprint density at radius 3 is 2.69 bits per heavy atom. The van der Waals surface area contributed by atoms with Crippen LogP contribution in [0.1, 0.15) is 39.0 Å². The van der Waals surface area contributed by atoms with Gasteiger partial charge in [0, 0.05) is 13.5 Å². The van der Waals surface area contributed by atoms with E-state index in [9.17, 15) is 4.79 Å². The summed E-state index contributed by atoms with van der Waals surface area (Å²) in [6.07, 6.45) is 4.82. The first-order valence-corrected chi connectivity index (χ1v) is 4.77. The Bertz CT molecular complexity index is 186. The molecule has 0 aliphatic heterocycles. The summed E-state index contributed by atoms with van der Waals surface area (Å²) < 4.78 is 4.68. The van der Waals surface area contributed by atoms with Gasteiger partial charge in [0.25, 0.3) is 0 Å². The highest BCUT2D eigenvalue weighted by atomic mass is 16.5. The summed E-state index contributed by atoms with van der Waals surface area (Å²) in [5, 5.41) is 0. The molecule has 0 aliphatic rings. The minimum Gasteiger partial charge on any atom is -0.377 e. The van der Waals surface area contributed by atoms with Crippen molar-refractivity contribution >= 4 is 5.78 Å². The molecule has 2 nitrogen and oxygen atoms in total. The van der Waals surface area contributed by atoms with Crippen LogP contribution in [0.3, 0.4) is 0 Å². The highest BCUT2D eigenvalue weighted by Gasteiger charge is 1.95. The summed E-state index contributed by atoms with van der Waals surface area (Å²) >= 11 is 0. The monoisotopic (exact) mass is 182 g/mol. The summed E-state index contributed by atoms with van der Waals surface area (Å²) in [5.74, 6) is 5.89. The van der Waals surface area contributed by atoms with Crippen LogP contribution >= 0.6 is 0 Å². The highest BCUT2D eigenvalue weighted by molar-refractivity contribution is 5.81. The molecule has 0 heterocycles. The molecule has 2 heteroatoms. The molecule has 0 saturated heterocycles. The van der Waals surface area contributed by atoms with Gasteiger partial charge < -0.3 is 4.74 Å². The van der Waals surface area contributed by atoms with E-state index < -0.39 is 0 Å². The molecule has 0 radical (unpaired) electrons. The van der Waals surface area contributed by atoms with Crippen LogP contribution in [0.4, 0.5) is 0 Å². The van der Waals surface area contributed by atoms with E-state index in [2.05, 4.69) is 23.5 Å². The van der Waals surface area contributed by atoms with Crippen LogP contribution in [0, 0.1) is 11.8 Å². The van der Waals surface area contributed by atoms with Crippen molar-refractivity contribution in [3.8, 4) is 11.8 Å². The molecule has 0 unspecified atom stereocenters. The maximum Gasteiger partial charge on any atom is 0.170 e. The molecule has 0 atom stereocenters. The number of rotatable bonds is 6. The third kappa shape index (κ3) is 9.10. The minimum absolute atomic E-state index is 0.0606.